The molecule has 0 heterocycles. The average Bonchev–Trinajstić information content (AvgIpc) is 2.54. The lowest BCUT2D eigenvalue weighted by Crippen LogP contribution is -2.24. The molecule has 0 unspecified atom stereocenters. The third kappa shape index (κ3) is 5.92. The summed E-state index contributed by atoms with van der Waals surface area (Å²) in [6.07, 6.45) is 4.78. The molecule has 1 aromatic rings. The predicted octanol–water partition coefficient (Wildman–Crippen LogP) is 3.00. The molecule has 0 saturated heterocycles. The molecule has 1 N–H and O–H groups in total. The Morgan fingerprint density at radius 3 is 2.50 bits per heavy atom. The van der Waals surface area contributed by atoms with E-state index in [9.17, 15) is 0 Å². The largest absolute Gasteiger partial charge is 0.495 e. The van der Waals surface area contributed by atoms with Gasteiger partial charge in [0, 0.05) is 33.4 Å². The zero-order chi connectivity index (χ0) is 16.2. The topological polar surface area (TPSA) is 33.7 Å². The number of hydrogen-bond acceptors (Lipinski definition) is 4. The van der Waals surface area contributed by atoms with Crippen LogP contribution in [-0.4, -0.2) is 40.5 Å². The van der Waals surface area contributed by atoms with Crippen molar-refractivity contribution in [3.63, 3.8) is 0 Å². The van der Waals surface area contributed by atoms with Gasteiger partial charge in [-0.2, -0.15) is 0 Å². The predicted molar refractivity (Wildman–Crippen MR) is 93.8 cm³/mol. The highest BCUT2D eigenvalue weighted by atomic mass is 16.5. The van der Waals surface area contributed by atoms with Gasteiger partial charge in [-0.05, 0) is 30.7 Å². The molecule has 0 radical (unpaired) electrons. The van der Waals surface area contributed by atoms with Gasteiger partial charge in [-0.15, -0.1) is 13.2 Å². The molecule has 1 aromatic carbocycles. The number of anilines is 1. The standard InChI is InChI=1S/C18H28N2O2/c1-5-11-20(12-6-2)17-9-8-16(14-18(17)22-4)15-19-10-7-13-21-3/h5-6,8-9,14,19H,1-2,7,10-13,15H2,3-4H3. The van der Waals surface area contributed by atoms with E-state index >= 15 is 0 Å². The van der Waals surface area contributed by atoms with Gasteiger partial charge in [0.1, 0.15) is 5.75 Å². The minimum atomic E-state index is 0.761. The van der Waals surface area contributed by atoms with Crippen LogP contribution in [0, 0.1) is 0 Å². The Bertz CT molecular complexity index is 450. The fraction of sp³-hybridized carbons (Fsp3) is 0.444. The first-order valence-corrected chi connectivity index (χ1v) is 7.60. The molecule has 0 spiro atoms. The van der Waals surface area contributed by atoms with Gasteiger partial charge in [0.15, 0.2) is 0 Å². The van der Waals surface area contributed by atoms with Gasteiger partial charge in [-0.3, -0.25) is 0 Å². The van der Waals surface area contributed by atoms with Crippen LogP contribution >= 0.6 is 0 Å². The lowest BCUT2D eigenvalue weighted by Gasteiger charge is -2.24. The molecule has 0 aromatic heterocycles. The molecule has 1 rings (SSSR count). The van der Waals surface area contributed by atoms with Crippen molar-refractivity contribution in [3.8, 4) is 5.75 Å². The number of hydrogen-bond donors (Lipinski definition) is 1. The van der Waals surface area contributed by atoms with Crippen LogP contribution in [-0.2, 0) is 11.3 Å². The van der Waals surface area contributed by atoms with E-state index in [1.54, 1.807) is 14.2 Å². The lowest BCUT2D eigenvalue weighted by molar-refractivity contribution is 0.194. The zero-order valence-corrected chi connectivity index (χ0v) is 13.8. The quantitative estimate of drug-likeness (QED) is 0.475. The molecular formula is C18H28N2O2. The van der Waals surface area contributed by atoms with Gasteiger partial charge in [0.05, 0.1) is 12.8 Å². The van der Waals surface area contributed by atoms with E-state index < -0.39 is 0 Å². The van der Waals surface area contributed by atoms with Gasteiger partial charge >= 0.3 is 0 Å². The van der Waals surface area contributed by atoms with Gasteiger partial charge in [0.25, 0.3) is 0 Å². The lowest BCUT2D eigenvalue weighted by atomic mass is 10.1. The summed E-state index contributed by atoms with van der Waals surface area (Å²) >= 11 is 0. The van der Waals surface area contributed by atoms with Crippen LogP contribution in [0.5, 0.6) is 5.75 Å². The van der Waals surface area contributed by atoms with Crippen molar-refractivity contribution in [1.29, 1.82) is 0 Å². The highest BCUT2D eigenvalue weighted by Gasteiger charge is 2.10. The second kappa shape index (κ2) is 10.9. The highest BCUT2D eigenvalue weighted by molar-refractivity contribution is 5.60. The summed E-state index contributed by atoms with van der Waals surface area (Å²) in [5, 5.41) is 3.41. The molecule has 0 fully saturated rings. The first-order chi connectivity index (χ1) is 10.8. The van der Waals surface area contributed by atoms with Gasteiger partial charge < -0.3 is 19.7 Å². The molecule has 0 atom stereocenters. The Balaban J connectivity index is 2.72. The second-order valence-electron chi connectivity index (χ2n) is 5.01. The van der Waals surface area contributed by atoms with E-state index in [-0.39, 0.29) is 0 Å². The Hall–Kier alpha value is -1.78. The maximum absolute atomic E-state index is 5.55. The number of methoxy groups -OCH3 is 2. The Kier molecular flexibility index (Phi) is 9.03. The normalized spacial score (nSPS) is 10.3. The minimum absolute atomic E-state index is 0.761. The van der Waals surface area contributed by atoms with Crippen LogP contribution in [0.25, 0.3) is 0 Å². The van der Waals surface area contributed by atoms with E-state index in [4.69, 9.17) is 9.47 Å². The fourth-order valence-electron chi connectivity index (χ4n) is 2.25. The fourth-order valence-corrected chi connectivity index (χ4v) is 2.25. The maximum Gasteiger partial charge on any atom is 0.142 e. The van der Waals surface area contributed by atoms with Gasteiger partial charge in [-0.25, -0.2) is 0 Å². The van der Waals surface area contributed by atoms with Crippen molar-refractivity contribution in [1.82, 2.24) is 5.32 Å². The van der Waals surface area contributed by atoms with E-state index in [1.165, 1.54) is 5.56 Å². The highest BCUT2D eigenvalue weighted by Crippen LogP contribution is 2.29. The summed E-state index contributed by atoms with van der Waals surface area (Å²) in [5.41, 5.74) is 2.26. The van der Waals surface area contributed by atoms with Crippen molar-refractivity contribution in [2.24, 2.45) is 0 Å². The van der Waals surface area contributed by atoms with Crippen molar-refractivity contribution in [2.75, 3.05) is 45.4 Å². The summed E-state index contributed by atoms with van der Waals surface area (Å²) in [4.78, 5) is 2.18. The van der Waals surface area contributed by atoms with Crippen molar-refractivity contribution in [2.45, 2.75) is 13.0 Å². The van der Waals surface area contributed by atoms with E-state index in [0.717, 1.165) is 50.6 Å². The molecule has 0 saturated carbocycles. The number of rotatable bonds is 12. The van der Waals surface area contributed by atoms with E-state index in [1.807, 2.05) is 12.2 Å². The molecule has 0 aliphatic heterocycles. The second-order valence-corrected chi connectivity index (χ2v) is 5.01. The zero-order valence-electron chi connectivity index (χ0n) is 13.8. The monoisotopic (exact) mass is 304 g/mol. The molecule has 0 aliphatic carbocycles. The molecular weight excluding hydrogens is 276 g/mol. The Morgan fingerprint density at radius 2 is 1.91 bits per heavy atom. The Labute approximate surface area is 134 Å². The first-order valence-electron chi connectivity index (χ1n) is 7.60. The molecule has 0 bridgehead atoms. The van der Waals surface area contributed by atoms with Crippen molar-refractivity contribution < 1.29 is 9.47 Å². The van der Waals surface area contributed by atoms with Gasteiger partial charge in [-0.1, -0.05) is 18.2 Å². The summed E-state index contributed by atoms with van der Waals surface area (Å²) in [7, 11) is 3.43. The summed E-state index contributed by atoms with van der Waals surface area (Å²) in [6, 6.07) is 6.30. The number of benzene rings is 1. The number of nitrogens with one attached hydrogen (secondary N) is 1. The van der Waals surface area contributed by atoms with E-state index in [0.29, 0.717) is 0 Å². The molecule has 122 valence electrons. The Morgan fingerprint density at radius 1 is 1.18 bits per heavy atom. The number of ether oxygens (including phenoxy) is 2. The van der Waals surface area contributed by atoms with Gasteiger partial charge in [0.2, 0.25) is 0 Å². The SMILES string of the molecule is C=CCN(CC=C)c1ccc(CNCCCOC)cc1OC. The third-order valence-corrected chi connectivity index (χ3v) is 3.31. The summed E-state index contributed by atoms with van der Waals surface area (Å²) in [5.74, 6) is 0.875. The molecule has 4 nitrogen and oxygen atoms in total. The van der Waals surface area contributed by atoms with Crippen LogP contribution in [0.2, 0.25) is 0 Å². The maximum atomic E-state index is 5.55. The van der Waals surface area contributed by atoms with Crippen LogP contribution in [0.4, 0.5) is 5.69 Å². The summed E-state index contributed by atoms with van der Waals surface area (Å²) < 4.78 is 10.6. The van der Waals surface area contributed by atoms with Crippen LogP contribution in [0.15, 0.2) is 43.5 Å². The summed E-state index contributed by atoms with van der Waals surface area (Å²) in [6.45, 7) is 11.7. The van der Waals surface area contributed by atoms with Crippen LogP contribution in [0.3, 0.4) is 0 Å². The van der Waals surface area contributed by atoms with E-state index in [2.05, 4.69) is 41.6 Å². The molecule has 4 heteroatoms. The minimum Gasteiger partial charge on any atom is -0.495 e. The number of nitrogens with zero attached hydrogens (tertiary/aromatic N) is 1. The molecule has 0 aliphatic rings. The average molecular weight is 304 g/mol. The molecule has 0 amide bonds. The van der Waals surface area contributed by atoms with Crippen molar-refractivity contribution >= 4 is 5.69 Å². The van der Waals surface area contributed by atoms with Crippen molar-refractivity contribution in [3.05, 3.63) is 49.1 Å². The smallest absolute Gasteiger partial charge is 0.142 e. The van der Waals surface area contributed by atoms with Crippen LogP contribution < -0.4 is 15.0 Å². The first kappa shape index (κ1) is 18.3. The molecule has 22 heavy (non-hydrogen) atoms. The van der Waals surface area contributed by atoms with Crippen LogP contribution in [0.1, 0.15) is 12.0 Å². The third-order valence-electron chi connectivity index (χ3n) is 3.31.